The summed E-state index contributed by atoms with van der Waals surface area (Å²) in [7, 11) is 2.31. The Hall–Kier alpha value is -1.88. The number of rotatable bonds is 18. The van der Waals surface area contributed by atoms with E-state index in [4.69, 9.17) is 15.6 Å². The molecule has 0 saturated heterocycles. The smallest absolute Gasteiger partial charge is 0.407 e. The number of aliphatic imine (C=N–C) groups is 1. The van der Waals surface area contributed by atoms with E-state index >= 15 is 0 Å². The molecule has 0 heterocycles. The molecule has 9 nitrogen and oxygen atoms in total. The second-order valence-electron chi connectivity index (χ2n) is 16.3. The van der Waals surface area contributed by atoms with Gasteiger partial charge in [-0.25, -0.2) is 4.79 Å². The second-order valence-corrected chi connectivity index (χ2v) is 19.0. The van der Waals surface area contributed by atoms with E-state index in [1.165, 1.54) is 67.7 Å². The zero-order chi connectivity index (χ0) is 35.8. The average Bonchev–Trinajstić information content (AvgIpc) is 3.39. The van der Waals surface area contributed by atoms with Gasteiger partial charge in [-0.05, 0) is 97.7 Å². The molecule has 0 aromatic carbocycles. The number of nitrogens with one attached hydrogen (secondary N) is 1. The number of nitrogens with two attached hydrogens (primary N) is 1. The zero-order valence-electron chi connectivity index (χ0n) is 30.5. The summed E-state index contributed by atoms with van der Waals surface area (Å²) in [5.74, 6) is 3.40. The lowest BCUT2D eigenvalue weighted by Crippen LogP contribution is -2.51. The van der Waals surface area contributed by atoms with Crippen LogP contribution in [-0.2, 0) is 14.3 Å². The van der Waals surface area contributed by atoms with E-state index in [1.807, 2.05) is 0 Å². The van der Waals surface area contributed by atoms with Gasteiger partial charge in [0.1, 0.15) is 11.4 Å². The normalized spacial score (nSPS) is 32.3. The number of hydrogen-bond donors (Lipinski definition) is 3. The molecule has 1 amide bonds. The van der Waals surface area contributed by atoms with Crippen molar-refractivity contribution in [1.82, 2.24) is 5.32 Å². The Kier molecular flexibility index (Phi) is 14.7. The predicted octanol–water partition coefficient (Wildman–Crippen LogP) is 7.23. The second kappa shape index (κ2) is 18.1. The van der Waals surface area contributed by atoms with Crippen LogP contribution in [0.3, 0.4) is 0 Å². The molecule has 4 N–H and O–H groups in total. The first-order chi connectivity index (χ1) is 23.2. The van der Waals surface area contributed by atoms with E-state index in [1.54, 1.807) is 0 Å². The van der Waals surface area contributed by atoms with E-state index in [2.05, 4.69) is 51.0 Å². The van der Waals surface area contributed by atoms with Crippen LogP contribution in [0.1, 0.15) is 125 Å². The monoisotopic (exact) mass is 720 g/mol. The molecule has 4 aliphatic carbocycles. The summed E-state index contributed by atoms with van der Waals surface area (Å²) in [6, 6.07) is 0. The van der Waals surface area contributed by atoms with Crippen molar-refractivity contribution in [2.75, 3.05) is 18.8 Å². The zero-order valence-corrected chi connectivity index (χ0v) is 32.2. The lowest BCUT2D eigenvalue weighted by molar-refractivity contribution is -0.305. The highest BCUT2D eigenvalue weighted by Gasteiger charge is 2.59. The largest absolute Gasteiger partial charge is 0.550 e. The first kappa shape index (κ1) is 39.9. The SMILES string of the molecule is CC(C)CCCC(C)C1CCC2C3CC=C4CC(OC(=O)NCCN=C(N)CCCSSC(CC(=O)[O-])C(=O)O)CCC4(C)C3CCC12C. The van der Waals surface area contributed by atoms with Gasteiger partial charge in [0, 0.05) is 37.5 Å². The van der Waals surface area contributed by atoms with Gasteiger partial charge in [0.15, 0.2) is 0 Å². The van der Waals surface area contributed by atoms with Crippen LogP contribution >= 0.6 is 21.6 Å². The number of fused-ring (bicyclic) bond motifs is 5. The standard InChI is InChI=1S/C38H63N3O6S2/c1-24(2)8-6-9-25(3)29-13-14-30-28-12-11-26-22-27(15-17-37(26,4)31(28)16-18-38(29,30)5)47-36(46)41-20-19-40-33(39)10-7-21-48-49-32(35(44)45)23-34(42)43/h11,24-25,27-32H,6-10,12-23H2,1-5H3,(H2,39,40)(H,41,46)(H,42,43)(H,44,45)/p-1. The van der Waals surface area contributed by atoms with Crippen LogP contribution in [0.5, 0.6) is 0 Å². The van der Waals surface area contributed by atoms with Crippen molar-refractivity contribution < 1.29 is 29.3 Å². The van der Waals surface area contributed by atoms with Gasteiger partial charge in [-0.1, -0.05) is 87.1 Å². The van der Waals surface area contributed by atoms with Crippen molar-refractivity contribution in [3.8, 4) is 0 Å². The minimum absolute atomic E-state index is 0.0938. The molecule has 0 aromatic rings. The molecule has 49 heavy (non-hydrogen) atoms. The number of amides is 1. The minimum atomic E-state index is -1.38. The molecule has 9 atom stereocenters. The van der Waals surface area contributed by atoms with Crippen LogP contribution < -0.4 is 16.2 Å². The van der Waals surface area contributed by atoms with E-state index in [-0.39, 0.29) is 11.5 Å². The Morgan fingerprint density at radius 3 is 2.59 bits per heavy atom. The third-order valence-corrected chi connectivity index (χ3v) is 15.5. The van der Waals surface area contributed by atoms with E-state index in [0.717, 1.165) is 65.6 Å². The number of nitrogens with zero attached hydrogens (tertiary/aromatic N) is 1. The number of ether oxygens (including phenoxy) is 1. The molecule has 3 fully saturated rings. The van der Waals surface area contributed by atoms with E-state index in [9.17, 15) is 19.5 Å². The number of aliphatic carboxylic acids is 2. The number of allylic oxidation sites excluding steroid dienone is 1. The van der Waals surface area contributed by atoms with Crippen LogP contribution in [0, 0.1) is 46.3 Å². The summed E-state index contributed by atoms with van der Waals surface area (Å²) in [6.07, 6.45) is 16.4. The van der Waals surface area contributed by atoms with E-state index in [0.29, 0.717) is 42.9 Å². The van der Waals surface area contributed by atoms with Gasteiger partial charge in [-0.15, -0.1) is 0 Å². The maximum absolute atomic E-state index is 12.7. The summed E-state index contributed by atoms with van der Waals surface area (Å²) in [5.41, 5.74) is 8.23. The van der Waals surface area contributed by atoms with Gasteiger partial charge in [0.2, 0.25) is 0 Å². The van der Waals surface area contributed by atoms with Crippen molar-refractivity contribution in [3.05, 3.63) is 11.6 Å². The highest BCUT2D eigenvalue weighted by atomic mass is 33.1. The number of amidine groups is 1. The molecule has 0 aliphatic heterocycles. The van der Waals surface area contributed by atoms with Crippen LogP contribution in [0.25, 0.3) is 0 Å². The summed E-state index contributed by atoms with van der Waals surface area (Å²) in [6.45, 7) is 13.1. The van der Waals surface area contributed by atoms with Gasteiger partial charge in [-0.2, -0.15) is 0 Å². The Morgan fingerprint density at radius 2 is 1.88 bits per heavy atom. The molecule has 11 heteroatoms. The number of alkyl carbamates (subject to hydrolysis) is 1. The van der Waals surface area contributed by atoms with Crippen molar-refractivity contribution in [3.63, 3.8) is 0 Å². The molecule has 0 spiro atoms. The summed E-state index contributed by atoms with van der Waals surface area (Å²) in [4.78, 5) is 38.8. The number of carboxylic acid groups (broad SMARTS) is 2. The molecule has 4 aliphatic rings. The predicted molar refractivity (Wildman–Crippen MR) is 198 cm³/mol. The Bertz CT molecular complexity index is 1210. The summed E-state index contributed by atoms with van der Waals surface area (Å²) < 4.78 is 5.89. The van der Waals surface area contributed by atoms with Crippen LogP contribution in [0.15, 0.2) is 16.6 Å². The number of hydrogen-bond acceptors (Lipinski definition) is 8. The summed E-state index contributed by atoms with van der Waals surface area (Å²) in [5, 5.41) is 21.6. The first-order valence-corrected chi connectivity index (χ1v) is 21.3. The minimum Gasteiger partial charge on any atom is -0.550 e. The molecule has 0 bridgehead atoms. The number of carboxylic acids is 2. The van der Waals surface area contributed by atoms with Crippen molar-refractivity contribution in [1.29, 1.82) is 0 Å². The maximum Gasteiger partial charge on any atom is 0.407 e. The lowest BCUT2D eigenvalue weighted by Gasteiger charge is -2.58. The molecule has 3 saturated carbocycles. The molecule has 278 valence electrons. The Labute approximate surface area is 302 Å². The topological polar surface area (TPSA) is 154 Å². The number of carbonyl (C=O) groups excluding carboxylic acids is 2. The third-order valence-electron chi connectivity index (χ3n) is 12.7. The maximum atomic E-state index is 12.7. The molecule has 9 unspecified atom stereocenters. The molecular weight excluding hydrogens is 659 g/mol. The fourth-order valence-corrected chi connectivity index (χ4v) is 12.5. The highest BCUT2D eigenvalue weighted by molar-refractivity contribution is 8.77. The lowest BCUT2D eigenvalue weighted by atomic mass is 9.47. The van der Waals surface area contributed by atoms with Gasteiger partial charge in [0.25, 0.3) is 0 Å². The van der Waals surface area contributed by atoms with Gasteiger partial charge in [0.05, 0.1) is 12.4 Å². The highest BCUT2D eigenvalue weighted by Crippen LogP contribution is 2.67. The van der Waals surface area contributed by atoms with Crippen molar-refractivity contribution >= 4 is 45.5 Å². The number of carbonyl (C=O) groups is 3. The van der Waals surface area contributed by atoms with Gasteiger partial charge < -0.3 is 30.8 Å². The molecule has 0 radical (unpaired) electrons. The Balaban J connectivity index is 1.17. The molecule has 4 rings (SSSR count). The fourth-order valence-electron chi connectivity index (χ4n) is 10.1. The van der Waals surface area contributed by atoms with E-state index < -0.39 is 29.7 Å². The van der Waals surface area contributed by atoms with Crippen LogP contribution in [-0.4, -0.2) is 59.2 Å². The van der Waals surface area contributed by atoms with Gasteiger partial charge >= 0.3 is 12.1 Å². The molecular formula is C38H62N3O6S2-. The average molecular weight is 721 g/mol. The van der Waals surface area contributed by atoms with Crippen LogP contribution in [0.2, 0.25) is 0 Å². The quantitative estimate of drug-likeness (QED) is 0.0437. The van der Waals surface area contributed by atoms with Gasteiger partial charge in [-0.3, -0.25) is 9.79 Å². The third kappa shape index (κ3) is 10.4. The molecule has 0 aromatic heterocycles. The fraction of sp³-hybridized carbons (Fsp3) is 0.842. The Morgan fingerprint density at radius 1 is 1.10 bits per heavy atom. The van der Waals surface area contributed by atoms with Crippen LogP contribution in [0.4, 0.5) is 4.79 Å². The van der Waals surface area contributed by atoms with Crippen molar-refractivity contribution in [2.45, 2.75) is 136 Å². The summed E-state index contributed by atoms with van der Waals surface area (Å²) >= 11 is 0. The van der Waals surface area contributed by atoms with Crippen molar-refractivity contribution in [2.24, 2.45) is 57.1 Å². The first-order valence-electron chi connectivity index (χ1n) is 18.9.